The number of unbranched alkanes of at least 4 members (excludes halogenated alkanes) is 14. The first-order valence-corrected chi connectivity index (χ1v) is 28.3. The van der Waals surface area contributed by atoms with E-state index in [0.717, 1.165) is 86.9 Å². The zero-order valence-corrected chi connectivity index (χ0v) is 43.6. The Kier molecular flexibility index (Phi) is 23.8. The highest BCUT2D eigenvalue weighted by Crippen LogP contribution is 2.67. The van der Waals surface area contributed by atoms with Crippen molar-refractivity contribution < 1.29 is 34.3 Å². The van der Waals surface area contributed by atoms with Gasteiger partial charge >= 0.3 is 5.97 Å². The zero-order chi connectivity index (χ0) is 47.5. The fourth-order valence-corrected chi connectivity index (χ4v) is 14.2. The molecule has 0 radical (unpaired) electrons. The van der Waals surface area contributed by atoms with Crippen LogP contribution in [-0.2, 0) is 19.0 Å². The van der Waals surface area contributed by atoms with Crippen molar-refractivity contribution in [3.63, 3.8) is 0 Å². The summed E-state index contributed by atoms with van der Waals surface area (Å²) in [5, 5.41) is 32.6. The molecule has 66 heavy (non-hydrogen) atoms. The number of carbonyl (C=O) groups is 1. The van der Waals surface area contributed by atoms with Gasteiger partial charge in [0.1, 0.15) is 31.0 Å². The van der Waals surface area contributed by atoms with Crippen molar-refractivity contribution in [1.29, 1.82) is 0 Å². The van der Waals surface area contributed by atoms with Gasteiger partial charge in [0.15, 0.2) is 6.29 Å². The Hall–Kier alpha value is -1.51. The van der Waals surface area contributed by atoms with E-state index in [9.17, 15) is 20.1 Å². The average molecular weight is 923 g/mol. The van der Waals surface area contributed by atoms with Crippen LogP contribution < -0.4 is 0 Å². The molecule has 380 valence electrons. The molecule has 3 N–H and O–H groups in total. The summed E-state index contributed by atoms with van der Waals surface area (Å²) in [5.41, 5.74) is 2.12. The molecule has 1 saturated heterocycles. The number of esters is 1. The second kappa shape index (κ2) is 28.4. The van der Waals surface area contributed by atoms with Crippen LogP contribution in [0.15, 0.2) is 36.0 Å². The van der Waals surface area contributed by atoms with Crippen LogP contribution in [0.5, 0.6) is 0 Å². The SMILES string of the molecule is CCCCCCC/C=C\C/C=C\CCCCCCCCCCCC(=O)OCC1OC(OC2CCC3(C)C(=CCC4C3CCC3(C)C(C(C)CCC(CC)C(C)C)CCC43)C2)C(O)C(O)C1O. The molecule has 4 fully saturated rings. The summed E-state index contributed by atoms with van der Waals surface area (Å²) in [6, 6.07) is 0. The van der Waals surface area contributed by atoms with Gasteiger partial charge in [-0.3, -0.25) is 4.79 Å². The molecule has 4 aliphatic carbocycles. The lowest BCUT2D eigenvalue weighted by Crippen LogP contribution is -2.60. The summed E-state index contributed by atoms with van der Waals surface area (Å²) in [5.74, 6) is 5.21. The molecule has 7 nitrogen and oxygen atoms in total. The van der Waals surface area contributed by atoms with E-state index < -0.39 is 30.7 Å². The lowest BCUT2D eigenvalue weighted by molar-refractivity contribution is -0.313. The number of rotatable bonds is 30. The molecule has 0 aromatic carbocycles. The molecule has 0 bridgehead atoms. The molecule has 14 atom stereocenters. The first-order valence-electron chi connectivity index (χ1n) is 28.3. The van der Waals surface area contributed by atoms with Gasteiger partial charge in [0.25, 0.3) is 0 Å². The Morgan fingerprint density at radius 2 is 1.41 bits per heavy atom. The maximum absolute atomic E-state index is 12.7. The van der Waals surface area contributed by atoms with Gasteiger partial charge in [-0.25, -0.2) is 0 Å². The predicted octanol–water partition coefficient (Wildman–Crippen LogP) is 14.6. The van der Waals surface area contributed by atoms with Crippen LogP contribution in [0.2, 0.25) is 0 Å². The van der Waals surface area contributed by atoms with Crippen molar-refractivity contribution in [1.82, 2.24) is 0 Å². The van der Waals surface area contributed by atoms with Gasteiger partial charge in [-0.2, -0.15) is 0 Å². The third-order valence-electron chi connectivity index (χ3n) is 18.5. The van der Waals surface area contributed by atoms with E-state index in [4.69, 9.17) is 14.2 Å². The first kappa shape index (κ1) is 55.4. The van der Waals surface area contributed by atoms with Gasteiger partial charge in [-0.05, 0) is 149 Å². The molecule has 5 rings (SSSR count). The topological polar surface area (TPSA) is 105 Å². The molecule has 0 aromatic heterocycles. The number of fused-ring (bicyclic) bond motifs is 5. The molecule has 0 amide bonds. The number of carbonyl (C=O) groups excluding carboxylic acids is 1. The molecule has 5 aliphatic rings. The molecule has 3 saturated carbocycles. The lowest BCUT2D eigenvalue weighted by atomic mass is 9.47. The standard InChI is InChI=1S/C59H102O7/c1-8-10-11-12-13-14-15-16-17-18-19-20-21-22-23-24-25-26-27-28-29-30-53(60)64-42-52-54(61)55(62)56(63)57(66-52)65-47-37-39-58(6)46(41-47)33-34-48-50-36-35-49(59(50,7)40-38-51(48)58)44(5)31-32-45(9-2)43(3)4/h15-16,18-19,33,43-45,47-52,54-57,61-63H,8-14,17,20-32,34-42H2,1-7H3/b16-15-,19-18-. The highest BCUT2D eigenvalue weighted by molar-refractivity contribution is 5.69. The molecule has 1 heterocycles. The maximum Gasteiger partial charge on any atom is 0.305 e. The summed E-state index contributed by atoms with van der Waals surface area (Å²) in [7, 11) is 0. The minimum atomic E-state index is -1.45. The number of hydrogen-bond acceptors (Lipinski definition) is 7. The van der Waals surface area contributed by atoms with Crippen molar-refractivity contribution in [2.75, 3.05) is 6.61 Å². The number of ether oxygens (including phenoxy) is 3. The molecular formula is C59H102O7. The summed E-state index contributed by atoms with van der Waals surface area (Å²) in [6.07, 6.45) is 39.9. The zero-order valence-electron chi connectivity index (χ0n) is 43.6. The number of aliphatic hydroxyl groups is 3. The van der Waals surface area contributed by atoms with Crippen LogP contribution >= 0.6 is 0 Å². The highest BCUT2D eigenvalue weighted by Gasteiger charge is 2.59. The third-order valence-corrected chi connectivity index (χ3v) is 18.5. The van der Waals surface area contributed by atoms with Gasteiger partial charge < -0.3 is 29.5 Å². The van der Waals surface area contributed by atoms with E-state index in [1.165, 1.54) is 134 Å². The van der Waals surface area contributed by atoms with Crippen molar-refractivity contribution in [3.8, 4) is 0 Å². The normalized spacial score (nSPS) is 34.3. The molecule has 0 spiro atoms. The van der Waals surface area contributed by atoms with Gasteiger partial charge in [0, 0.05) is 6.42 Å². The molecule has 1 aliphatic heterocycles. The minimum Gasteiger partial charge on any atom is -0.463 e. The van der Waals surface area contributed by atoms with Crippen molar-refractivity contribution in [3.05, 3.63) is 36.0 Å². The van der Waals surface area contributed by atoms with Crippen LogP contribution in [0.4, 0.5) is 0 Å². The number of allylic oxidation sites excluding steroid dienone is 5. The van der Waals surface area contributed by atoms with E-state index in [0.29, 0.717) is 17.8 Å². The van der Waals surface area contributed by atoms with Crippen LogP contribution in [0.3, 0.4) is 0 Å². The Balaban J connectivity index is 0.948. The molecule has 0 aromatic rings. The largest absolute Gasteiger partial charge is 0.463 e. The quantitative estimate of drug-likeness (QED) is 0.0374. The summed E-state index contributed by atoms with van der Waals surface area (Å²) in [4.78, 5) is 12.7. The fourth-order valence-electron chi connectivity index (χ4n) is 14.2. The van der Waals surface area contributed by atoms with E-state index in [2.05, 4.69) is 78.8 Å². The predicted molar refractivity (Wildman–Crippen MR) is 272 cm³/mol. The molecule has 14 unspecified atom stereocenters. The van der Waals surface area contributed by atoms with E-state index in [1.54, 1.807) is 0 Å². The van der Waals surface area contributed by atoms with Crippen molar-refractivity contribution >= 4 is 5.97 Å². The Morgan fingerprint density at radius 3 is 2.06 bits per heavy atom. The molecular weight excluding hydrogens is 821 g/mol. The Labute approximate surface area is 405 Å². The lowest BCUT2D eigenvalue weighted by Gasteiger charge is -2.58. The number of aliphatic hydroxyl groups excluding tert-OH is 3. The second-order valence-corrected chi connectivity index (χ2v) is 23.3. The second-order valence-electron chi connectivity index (χ2n) is 23.3. The average Bonchev–Trinajstić information content (AvgIpc) is 3.66. The minimum absolute atomic E-state index is 0.144. The van der Waals surface area contributed by atoms with Crippen LogP contribution in [0.1, 0.15) is 235 Å². The monoisotopic (exact) mass is 923 g/mol. The van der Waals surface area contributed by atoms with Crippen LogP contribution in [0.25, 0.3) is 0 Å². The van der Waals surface area contributed by atoms with Gasteiger partial charge in [-0.1, -0.05) is 168 Å². The number of hydrogen-bond donors (Lipinski definition) is 3. The third kappa shape index (κ3) is 15.5. The maximum atomic E-state index is 12.7. The van der Waals surface area contributed by atoms with E-state index >= 15 is 0 Å². The fraction of sp³-hybridized carbons (Fsp3) is 0.881. The Morgan fingerprint density at radius 1 is 0.758 bits per heavy atom. The van der Waals surface area contributed by atoms with E-state index in [1.807, 2.05) is 0 Å². The van der Waals surface area contributed by atoms with Crippen LogP contribution in [0, 0.1) is 52.3 Å². The van der Waals surface area contributed by atoms with Crippen molar-refractivity contribution in [2.45, 2.75) is 271 Å². The highest BCUT2D eigenvalue weighted by atomic mass is 16.7. The Bertz CT molecular complexity index is 1470. The van der Waals surface area contributed by atoms with Crippen molar-refractivity contribution in [2.24, 2.45) is 52.3 Å². The van der Waals surface area contributed by atoms with Gasteiger partial charge in [0.2, 0.25) is 0 Å². The van der Waals surface area contributed by atoms with Crippen LogP contribution in [-0.4, -0.2) is 64.7 Å². The summed E-state index contributed by atoms with van der Waals surface area (Å²) in [6.45, 7) is 17.0. The summed E-state index contributed by atoms with van der Waals surface area (Å²) >= 11 is 0. The summed E-state index contributed by atoms with van der Waals surface area (Å²) < 4.78 is 18.1. The first-order chi connectivity index (χ1) is 31.8. The van der Waals surface area contributed by atoms with Gasteiger partial charge in [0.05, 0.1) is 6.10 Å². The smallest absolute Gasteiger partial charge is 0.305 e. The van der Waals surface area contributed by atoms with E-state index in [-0.39, 0.29) is 24.1 Å². The van der Waals surface area contributed by atoms with Gasteiger partial charge in [-0.15, -0.1) is 0 Å². The molecule has 7 heteroatoms.